The number of carbonyl (C=O) groups is 1. The second kappa shape index (κ2) is 7.72. The SMILES string of the molecule is C=C(C)C(=O)O.CCC(C)N(O)O. The molecule has 0 rings (SSSR count). The molecule has 5 heteroatoms. The average molecular weight is 191 g/mol. The number of hydroxylamine groups is 2. The summed E-state index contributed by atoms with van der Waals surface area (Å²) in [6.45, 7) is 8.20. The molecular weight excluding hydrogens is 174 g/mol. The van der Waals surface area contributed by atoms with E-state index in [2.05, 4.69) is 6.58 Å². The van der Waals surface area contributed by atoms with Crippen molar-refractivity contribution in [2.45, 2.75) is 33.2 Å². The normalized spacial score (nSPS) is 11.5. The van der Waals surface area contributed by atoms with Crippen molar-refractivity contribution in [3.05, 3.63) is 12.2 Å². The van der Waals surface area contributed by atoms with Gasteiger partial charge in [0.2, 0.25) is 0 Å². The average Bonchev–Trinajstić information content (AvgIpc) is 2.03. The molecule has 1 atom stereocenters. The number of rotatable bonds is 3. The third-order valence-corrected chi connectivity index (χ3v) is 1.35. The molecular formula is C8H17NO4. The van der Waals surface area contributed by atoms with Crippen molar-refractivity contribution >= 4 is 5.97 Å². The molecule has 0 aliphatic rings. The van der Waals surface area contributed by atoms with E-state index in [1.54, 1.807) is 6.92 Å². The minimum absolute atomic E-state index is 0.153. The van der Waals surface area contributed by atoms with Gasteiger partial charge in [-0.15, -0.1) is 0 Å². The lowest BCUT2D eigenvalue weighted by Crippen LogP contribution is -2.24. The fourth-order valence-electron chi connectivity index (χ4n) is 0.163. The van der Waals surface area contributed by atoms with Gasteiger partial charge in [-0.25, -0.2) is 4.79 Å². The summed E-state index contributed by atoms with van der Waals surface area (Å²) < 4.78 is 0. The van der Waals surface area contributed by atoms with Gasteiger partial charge in [0.15, 0.2) is 0 Å². The molecule has 0 aromatic carbocycles. The third-order valence-electron chi connectivity index (χ3n) is 1.35. The Labute approximate surface area is 77.8 Å². The predicted molar refractivity (Wildman–Crippen MR) is 47.6 cm³/mol. The summed E-state index contributed by atoms with van der Waals surface area (Å²) in [5.41, 5.74) is 0.176. The minimum Gasteiger partial charge on any atom is -0.478 e. The first-order chi connectivity index (χ1) is 5.82. The van der Waals surface area contributed by atoms with Crippen LogP contribution in [0.2, 0.25) is 0 Å². The predicted octanol–water partition coefficient (Wildman–Crippen LogP) is 1.51. The second-order valence-electron chi connectivity index (χ2n) is 2.66. The smallest absolute Gasteiger partial charge is 0.330 e. The van der Waals surface area contributed by atoms with Gasteiger partial charge in [-0.05, 0) is 20.3 Å². The van der Waals surface area contributed by atoms with Gasteiger partial charge in [0.25, 0.3) is 0 Å². The van der Waals surface area contributed by atoms with Crippen molar-refractivity contribution in [2.24, 2.45) is 0 Å². The Bertz CT molecular complexity index is 156. The Balaban J connectivity index is 0. The summed E-state index contributed by atoms with van der Waals surface area (Å²) >= 11 is 0. The molecule has 0 aliphatic heterocycles. The number of carboxylic acid groups (broad SMARTS) is 1. The maximum Gasteiger partial charge on any atom is 0.330 e. The summed E-state index contributed by atoms with van der Waals surface area (Å²) in [5, 5.41) is 24.5. The fraction of sp³-hybridized carbons (Fsp3) is 0.625. The lowest BCUT2D eigenvalue weighted by molar-refractivity contribution is -0.328. The zero-order valence-corrected chi connectivity index (χ0v) is 8.19. The number of hydrogen-bond acceptors (Lipinski definition) is 4. The number of nitrogens with zero attached hydrogens (tertiary/aromatic N) is 1. The van der Waals surface area contributed by atoms with E-state index in [4.69, 9.17) is 15.5 Å². The van der Waals surface area contributed by atoms with Crippen LogP contribution in [0.25, 0.3) is 0 Å². The van der Waals surface area contributed by atoms with Gasteiger partial charge >= 0.3 is 5.97 Å². The van der Waals surface area contributed by atoms with Crippen LogP contribution in [0.4, 0.5) is 0 Å². The molecule has 0 spiro atoms. The van der Waals surface area contributed by atoms with Crippen LogP contribution in [0.3, 0.4) is 0 Å². The van der Waals surface area contributed by atoms with Gasteiger partial charge in [0.05, 0.1) is 6.04 Å². The Morgan fingerprint density at radius 3 is 1.85 bits per heavy atom. The van der Waals surface area contributed by atoms with Crippen molar-refractivity contribution in [1.29, 1.82) is 0 Å². The fourth-order valence-corrected chi connectivity index (χ4v) is 0.163. The third kappa shape index (κ3) is 11.1. The Kier molecular flexibility index (Phi) is 8.68. The van der Waals surface area contributed by atoms with Gasteiger partial charge < -0.3 is 5.11 Å². The summed E-state index contributed by atoms with van der Waals surface area (Å²) in [5.74, 6) is -0.935. The van der Waals surface area contributed by atoms with E-state index in [9.17, 15) is 4.79 Å². The first kappa shape index (κ1) is 14.6. The molecule has 0 bridgehead atoms. The molecule has 0 amide bonds. The molecule has 0 aromatic heterocycles. The molecule has 0 saturated heterocycles. The first-order valence-electron chi connectivity index (χ1n) is 3.88. The number of aliphatic carboxylic acids is 1. The van der Waals surface area contributed by atoms with E-state index >= 15 is 0 Å². The van der Waals surface area contributed by atoms with E-state index in [-0.39, 0.29) is 16.8 Å². The van der Waals surface area contributed by atoms with Crippen LogP contribution in [0.15, 0.2) is 12.2 Å². The molecule has 0 radical (unpaired) electrons. The quantitative estimate of drug-likeness (QED) is 0.465. The zero-order chi connectivity index (χ0) is 11.0. The first-order valence-corrected chi connectivity index (χ1v) is 3.88. The summed E-state index contributed by atoms with van der Waals surface area (Å²) in [7, 11) is 0. The van der Waals surface area contributed by atoms with Crippen LogP contribution in [-0.4, -0.2) is 32.8 Å². The highest BCUT2D eigenvalue weighted by Crippen LogP contribution is 1.93. The molecule has 3 N–H and O–H groups in total. The van der Waals surface area contributed by atoms with E-state index in [0.29, 0.717) is 0 Å². The summed E-state index contributed by atoms with van der Waals surface area (Å²) in [6.07, 6.45) is 0.743. The molecule has 0 heterocycles. The topological polar surface area (TPSA) is 81.0 Å². The minimum atomic E-state index is -0.935. The zero-order valence-electron chi connectivity index (χ0n) is 8.19. The highest BCUT2D eigenvalue weighted by Gasteiger charge is 2.01. The van der Waals surface area contributed by atoms with Crippen LogP contribution in [0, 0.1) is 0 Å². The lowest BCUT2D eigenvalue weighted by Gasteiger charge is -2.11. The van der Waals surface area contributed by atoms with E-state index < -0.39 is 5.97 Å². The second-order valence-corrected chi connectivity index (χ2v) is 2.66. The summed E-state index contributed by atoms with van der Waals surface area (Å²) in [6, 6.07) is -0.153. The largest absolute Gasteiger partial charge is 0.478 e. The Morgan fingerprint density at radius 1 is 1.54 bits per heavy atom. The molecule has 1 unspecified atom stereocenters. The van der Waals surface area contributed by atoms with Gasteiger partial charge in [0.1, 0.15) is 0 Å². The Morgan fingerprint density at radius 2 is 1.85 bits per heavy atom. The maximum atomic E-state index is 9.60. The highest BCUT2D eigenvalue weighted by molar-refractivity contribution is 5.84. The van der Waals surface area contributed by atoms with Gasteiger partial charge in [-0.1, -0.05) is 18.7 Å². The van der Waals surface area contributed by atoms with E-state index in [1.807, 2.05) is 6.92 Å². The standard InChI is InChI=1S/C4H11NO2.C4H6O2/c1-3-4(2)5(6)7;1-3(2)4(5)6/h4,6-7H,3H2,1-2H3;1H2,2H3,(H,5,6). The van der Waals surface area contributed by atoms with Crippen LogP contribution >= 0.6 is 0 Å². The molecule has 0 fully saturated rings. The number of hydrogen-bond donors (Lipinski definition) is 3. The van der Waals surface area contributed by atoms with Crippen molar-refractivity contribution in [2.75, 3.05) is 0 Å². The molecule has 78 valence electrons. The highest BCUT2D eigenvalue weighted by atomic mass is 16.8. The molecule has 0 aromatic rings. The number of carboxylic acids is 1. The molecule has 0 saturated carbocycles. The Hall–Kier alpha value is -0.910. The van der Waals surface area contributed by atoms with Gasteiger partial charge in [-0.2, -0.15) is 0 Å². The van der Waals surface area contributed by atoms with E-state index in [1.165, 1.54) is 6.92 Å². The van der Waals surface area contributed by atoms with Crippen LogP contribution in [0.1, 0.15) is 27.2 Å². The van der Waals surface area contributed by atoms with Gasteiger partial charge in [0, 0.05) is 5.57 Å². The maximum absolute atomic E-state index is 9.60. The molecule has 13 heavy (non-hydrogen) atoms. The van der Waals surface area contributed by atoms with Gasteiger partial charge in [-0.3, -0.25) is 10.4 Å². The monoisotopic (exact) mass is 191 g/mol. The summed E-state index contributed by atoms with van der Waals surface area (Å²) in [4.78, 5) is 9.60. The van der Waals surface area contributed by atoms with Crippen LogP contribution in [0.5, 0.6) is 0 Å². The van der Waals surface area contributed by atoms with Crippen molar-refractivity contribution in [1.82, 2.24) is 5.23 Å². The van der Waals surface area contributed by atoms with Crippen molar-refractivity contribution in [3.63, 3.8) is 0 Å². The van der Waals surface area contributed by atoms with Crippen LogP contribution < -0.4 is 0 Å². The molecule has 0 aliphatic carbocycles. The lowest BCUT2D eigenvalue weighted by atomic mass is 10.3. The van der Waals surface area contributed by atoms with Crippen molar-refractivity contribution < 1.29 is 20.3 Å². The van der Waals surface area contributed by atoms with Crippen LogP contribution in [-0.2, 0) is 4.79 Å². The van der Waals surface area contributed by atoms with E-state index in [0.717, 1.165) is 6.42 Å². The molecule has 5 nitrogen and oxygen atoms in total. The van der Waals surface area contributed by atoms with Crippen molar-refractivity contribution in [3.8, 4) is 0 Å².